The molecule has 0 saturated heterocycles. The van der Waals surface area contributed by atoms with Crippen molar-refractivity contribution in [1.82, 2.24) is 4.98 Å². The number of fused-ring (bicyclic) bond motifs is 3. The zero-order valence-electron chi connectivity index (χ0n) is 14.7. The van der Waals surface area contributed by atoms with Crippen LogP contribution in [0.1, 0.15) is 52.0 Å². The lowest BCUT2D eigenvalue weighted by Gasteiger charge is -2.12. The minimum absolute atomic E-state index is 0.826. The van der Waals surface area contributed by atoms with E-state index < -0.39 is 0 Å². The van der Waals surface area contributed by atoms with Crippen molar-refractivity contribution >= 4 is 21.8 Å². The van der Waals surface area contributed by atoms with E-state index in [0.717, 1.165) is 11.8 Å². The SMILES string of the molecule is CC(C)CCCC(C)CCc1ccc2[nH]c3ccccc3c2c1. The molecule has 0 amide bonds. The number of benzene rings is 2. The summed E-state index contributed by atoms with van der Waals surface area (Å²) in [5, 5.41) is 2.71. The van der Waals surface area contributed by atoms with Gasteiger partial charge in [-0.25, -0.2) is 0 Å². The third-order valence-electron chi connectivity index (χ3n) is 4.97. The van der Waals surface area contributed by atoms with Gasteiger partial charge in [-0.2, -0.15) is 0 Å². The van der Waals surface area contributed by atoms with Crippen LogP contribution in [0.25, 0.3) is 21.8 Å². The molecule has 0 aliphatic carbocycles. The van der Waals surface area contributed by atoms with Gasteiger partial charge in [-0.1, -0.05) is 64.3 Å². The first-order valence-electron chi connectivity index (χ1n) is 9.13. The summed E-state index contributed by atoms with van der Waals surface area (Å²) in [6, 6.07) is 15.5. The molecule has 1 unspecified atom stereocenters. The van der Waals surface area contributed by atoms with Gasteiger partial charge in [0.05, 0.1) is 0 Å². The van der Waals surface area contributed by atoms with Gasteiger partial charge in [0.25, 0.3) is 0 Å². The topological polar surface area (TPSA) is 15.8 Å². The molecule has 1 heterocycles. The van der Waals surface area contributed by atoms with Crippen molar-refractivity contribution < 1.29 is 0 Å². The second-order valence-electron chi connectivity index (χ2n) is 7.52. The van der Waals surface area contributed by atoms with E-state index in [0.29, 0.717) is 0 Å². The molecular formula is C22H29N. The van der Waals surface area contributed by atoms with Gasteiger partial charge in [-0.3, -0.25) is 0 Å². The van der Waals surface area contributed by atoms with Gasteiger partial charge in [0.1, 0.15) is 0 Å². The summed E-state index contributed by atoms with van der Waals surface area (Å²) in [5.74, 6) is 1.67. The van der Waals surface area contributed by atoms with Gasteiger partial charge in [0.2, 0.25) is 0 Å². The number of rotatable bonds is 7. The summed E-state index contributed by atoms with van der Waals surface area (Å²) in [6.07, 6.45) is 6.60. The molecular weight excluding hydrogens is 278 g/mol. The molecule has 0 aliphatic rings. The molecule has 2 aromatic carbocycles. The lowest BCUT2D eigenvalue weighted by atomic mass is 9.94. The van der Waals surface area contributed by atoms with Crippen LogP contribution in [0.15, 0.2) is 42.5 Å². The van der Waals surface area contributed by atoms with Crippen LogP contribution in [0.4, 0.5) is 0 Å². The molecule has 1 N–H and O–H groups in total. The van der Waals surface area contributed by atoms with Crippen molar-refractivity contribution in [2.45, 2.75) is 52.9 Å². The molecule has 0 bridgehead atoms. The second-order valence-corrected chi connectivity index (χ2v) is 7.52. The molecule has 0 radical (unpaired) electrons. The standard InChI is InChI=1S/C22H29N/c1-16(2)7-6-8-17(3)11-12-18-13-14-22-20(15-18)19-9-4-5-10-21(19)23-22/h4-5,9-10,13-17,23H,6-8,11-12H2,1-3H3. The van der Waals surface area contributed by atoms with E-state index in [1.807, 2.05) is 0 Å². The molecule has 1 aromatic heterocycles. The van der Waals surface area contributed by atoms with Crippen LogP contribution in [0.3, 0.4) is 0 Å². The quantitative estimate of drug-likeness (QED) is 0.499. The molecule has 3 rings (SSSR count). The van der Waals surface area contributed by atoms with E-state index in [-0.39, 0.29) is 0 Å². The predicted molar refractivity (Wildman–Crippen MR) is 102 cm³/mol. The Morgan fingerprint density at radius 1 is 0.826 bits per heavy atom. The van der Waals surface area contributed by atoms with E-state index in [1.165, 1.54) is 59.5 Å². The molecule has 1 nitrogen and oxygen atoms in total. The van der Waals surface area contributed by atoms with E-state index in [1.54, 1.807) is 0 Å². The van der Waals surface area contributed by atoms with E-state index in [4.69, 9.17) is 0 Å². The number of H-pyrrole nitrogens is 1. The monoisotopic (exact) mass is 307 g/mol. The van der Waals surface area contributed by atoms with Crippen LogP contribution < -0.4 is 0 Å². The molecule has 3 aromatic rings. The maximum atomic E-state index is 3.51. The number of nitrogens with one attached hydrogen (secondary N) is 1. The molecule has 1 atom stereocenters. The molecule has 0 spiro atoms. The zero-order valence-corrected chi connectivity index (χ0v) is 14.7. The summed E-state index contributed by atoms with van der Waals surface area (Å²) in [6.45, 7) is 7.05. The lowest BCUT2D eigenvalue weighted by Crippen LogP contribution is -1.99. The summed E-state index contributed by atoms with van der Waals surface area (Å²) in [4.78, 5) is 3.51. The largest absolute Gasteiger partial charge is 0.355 e. The maximum Gasteiger partial charge on any atom is 0.0465 e. The lowest BCUT2D eigenvalue weighted by molar-refractivity contribution is 0.437. The van der Waals surface area contributed by atoms with Crippen molar-refractivity contribution in [1.29, 1.82) is 0 Å². The van der Waals surface area contributed by atoms with Gasteiger partial charge in [0, 0.05) is 21.8 Å². The third kappa shape index (κ3) is 3.96. The highest BCUT2D eigenvalue weighted by molar-refractivity contribution is 6.07. The van der Waals surface area contributed by atoms with Crippen LogP contribution in [-0.4, -0.2) is 4.98 Å². The number of aromatic amines is 1. The molecule has 0 fully saturated rings. The normalized spacial score (nSPS) is 13.2. The minimum atomic E-state index is 0.826. The Morgan fingerprint density at radius 2 is 1.61 bits per heavy atom. The summed E-state index contributed by atoms with van der Waals surface area (Å²) < 4.78 is 0. The number of aromatic nitrogens is 1. The molecule has 1 heteroatoms. The number of hydrogen-bond acceptors (Lipinski definition) is 0. The number of para-hydroxylation sites is 1. The third-order valence-corrected chi connectivity index (χ3v) is 4.97. The van der Waals surface area contributed by atoms with Crippen molar-refractivity contribution in [2.75, 3.05) is 0 Å². The number of hydrogen-bond donors (Lipinski definition) is 1. The highest BCUT2D eigenvalue weighted by atomic mass is 14.7. The minimum Gasteiger partial charge on any atom is -0.355 e. The van der Waals surface area contributed by atoms with Crippen molar-refractivity contribution in [3.05, 3.63) is 48.0 Å². The Balaban J connectivity index is 1.65. The predicted octanol–water partition coefficient (Wildman–Crippen LogP) is 6.72. The fourth-order valence-corrected chi connectivity index (χ4v) is 3.48. The smallest absolute Gasteiger partial charge is 0.0465 e. The average Bonchev–Trinajstić information content (AvgIpc) is 2.90. The van der Waals surface area contributed by atoms with Gasteiger partial charge < -0.3 is 4.98 Å². The van der Waals surface area contributed by atoms with Gasteiger partial charge in [0.15, 0.2) is 0 Å². The second kappa shape index (κ2) is 7.21. The van der Waals surface area contributed by atoms with Crippen molar-refractivity contribution in [3.8, 4) is 0 Å². The maximum absolute atomic E-state index is 3.51. The van der Waals surface area contributed by atoms with Crippen LogP contribution in [-0.2, 0) is 6.42 Å². The van der Waals surface area contributed by atoms with Crippen molar-refractivity contribution in [2.24, 2.45) is 11.8 Å². The fourth-order valence-electron chi connectivity index (χ4n) is 3.48. The first kappa shape index (κ1) is 16.1. The molecule has 0 aliphatic heterocycles. The van der Waals surface area contributed by atoms with E-state index in [2.05, 4.69) is 68.2 Å². The Hall–Kier alpha value is -1.76. The molecule has 0 saturated carbocycles. The Kier molecular flexibility index (Phi) is 5.05. The highest BCUT2D eigenvalue weighted by Gasteiger charge is 2.07. The number of aryl methyl sites for hydroxylation is 1. The Morgan fingerprint density at radius 3 is 2.43 bits per heavy atom. The average molecular weight is 307 g/mol. The Bertz CT molecular complexity index is 766. The van der Waals surface area contributed by atoms with Crippen molar-refractivity contribution in [3.63, 3.8) is 0 Å². The van der Waals surface area contributed by atoms with Crippen LogP contribution in [0.2, 0.25) is 0 Å². The first-order valence-corrected chi connectivity index (χ1v) is 9.13. The summed E-state index contributed by atoms with van der Waals surface area (Å²) in [7, 11) is 0. The fraction of sp³-hybridized carbons (Fsp3) is 0.455. The highest BCUT2D eigenvalue weighted by Crippen LogP contribution is 2.27. The van der Waals surface area contributed by atoms with Crippen LogP contribution in [0.5, 0.6) is 0 Å². The zero-order chi connectivity index (χ0) is 16.2. The van der Waals surface area contributed by atoms with E-state index >= 15 is 0 Å². The van der Waals surface area contributed by atoms with Crippen LogP contribution in [0, 0.1) is 11.8 Å². The Labute approximate surface area is 140 Å². The van der Waals surface area contributed by atoms with Gasteiger partial charge in [-0.15, -0.1) is 0 Å². The first-order chi connectivity index (χ1) is 11.1. The summed E-state index contributed by atoms with van der Waals surface area (Å²) in [5.41, 5.74) is 3.96. The van der Waals surface area contributed by atoms with Gasteiger partial charge >= 0.3 is 0 Å². The van der Waals surface area contributed by atoms with E-state index in [9.17, 15) is 0 Å². The summed E-state index contributed by atoms with van der Waals surface area (Å²) >= 11 is 0. The molecule has 122 valence electrons. The molecule has 23 heavy (non-hydrogen) atoms. The van der Waals surface area contributed by atoms with Crippen LogP contribution >= 0.6 is 0 Å². The van der Waals surface area contributed by atoms with Gasteiger partial charge in [-0.05, 0) is 48.4 Å².